The average Bonchev–Trinajstić information content (AvgIpc) is 1.65. The molecule has 0 aromatic heterocycles. The number of hydrogen-bond acceptors (Lipinski definition) is 0. The first-order valence-corrected chi connectivity index (χ1v) is 3.10. The van der Waals surface area contributed by atoms with Gasteiger partial charge in [0.25, 0.3) is 0 Å². The summed E-state index contributed by atoms with van der Waals surface area (Å²) in [5.41, 5.74) is 2.38. The van der Waals surface area contributed by atoms with Gasteiger partial charge >= 0.3 is 54.5 Å². The van der Waals surface area contributed by atoms with E-state index >= 15 is 0 Å². The van der Waals surface area contributed by atoms with Crippen LogP contribution in [-0.4, -0.2) is 0 Å². The van der Waals surface area contributed by atoms with Crippen LogP contribution in [0.1, 0.15) is 19.6 Å². The van der Waals surface area contributed by atoms with Gasteiger partial charge in [-0.2, -0.15) is 0 Å². The molecule has 0 aliphatic carbocycles. The van der Waals surface area contributed by atoms with Crippen molar-refractivity contribution in [3.8, 4) is 0 Å². The van der Waals surface area contributed by atoms with E-state index in [4.69, 9.17) is 0 Å². The van der Waals surface area contributed by atoms with E-state index in [0.29, 0.717) is 0 Å². The second-order valence-electron chi connectivity index (χ2n) is 1.57. The molecule has 1 heteroatoms. The summed E-state index contributed by atoms with van der Waals surface area (Å²) in [7, 11) is 0. The van der Waals surface area contributed by atoms with Crippen LogP contribution in [0, 0.1) is 0 Å². The van der Waals surface area contributed by atoms with E-state index in [1.807, 2.05) is 18.5 Å². The van der Waals surface area contributed by atoms with Crippen molar-refractivity contribution < 1.29 is 24.0 Å². The van der Waals surface area contributed by atoms with Crippen molar-refractivity contribution in [3.63, 3.8) is 0 Å². The zero-order valence-corrected chi connectivity index (χ0v) is 6.38. The van der Waals surface area contributed by atoms with Crippen LogP contribution in [0.3, 0.4) is 0 Å². The zero-order chi connectivity index (χ0) is 5.86. The molecule has 0 atom stereocenters. The van der Waals surface area contributed by atoms with Gasteiger partial charge in [0.05, 0.1) is 0 Å². The average molecular weight is 186 g/mol. The Kier molecular flexibility index (Phi) is 3.20. The molecule has 0 unspecified atom stereocenters. The Balaban J connectivity index is -0.0000000300. The molecule has 0 spiro atoms. The topological polar surface area (TPSA) is 0 Å². The van der Waals surface area contributed by atoms with Crippen LogP contribution in [0.4, 0.5) is 0 Å². The molecule has 0 aliphatic heterocycles. The molecule has 0 aliphatic rings. The van der Waals surface area contributed by atoms with E-state index in [2.05, 4.69) is 24.9 Å². The van der Waals surface area contributed by atoms with Gasteiger partial charge in [-0.3, -0.25) is 0 Å². The van der Waals surface area contributed by atoms with Gasteiger partial charge in [0, 0.05) is 0 Å². The predicted molar refractivity (Wildman–Crippen MR) is 33.0 cm³/mol. The molecule has 0 saturated heterocycles. The largest absolute Gasteiger partial charge is 1.00 e. The first-order chi connectivity index (χ1) is 3.18. The van der Waals surface area contributed by atoms with Crippen LogP contribution >= 0.6 is 0 Å². The van der Waals surface area contributed by atoms with Crippen molar-refractivity contribution >= 4 is 0 Å². The fraction of sp³-hybridized carbons (Fsp3) is 0.333. The Hall–Kier alpha value is 0.103. The van der Waals surface area contributed by atoms with Gasteiger partial charge in [-0.05, 0) is 0 Å². The molecule has 45 valence electrons. The summed E-state index contributed by atoms with van der Waals surface area (Å²) in [6, 6.07) is 0. The summed E-state index contributed by atoms with van der Waals surface area (Å²) < 4.78 is 1.99. The second-order valence-corrected chi connectivity index (χ2v) is 2.07. The van der Waals surface area contributed by atoms with Crippen LogP contribution in [-0.2, 0) is 18.3 Å². The van der Waals surface area contributed by atoms with Crippen molar-refractivity contribution in [2.75, 3.05) is 0 Å². The maximum Gasteiger partial charge on any atom is -1.00 e. The van der Waals surface area contributed by atoms with Crippen LogP contribution in [0.5, 0.6) is 0 Å². The molecular weight excluding hydrogens is 173 g/mol. The molecule has 0 radical (unpaired) electrons. The van der Waals surface area contributed by atoms with Crippen molar-refractivity contribution in [2.24, 2.45) is 0 Å². The zero-order valence-electron chi connectivity index (χ0n) is 8.64. The van der Waals surface area contributed by atoms with E-state index in [1.54, 1.807) is 0 Å². The van der Waals surface area contributed by atoms with Crippen molar-refractivity contribution in [1.82, 2.24) is 0 Å². The van der Waals surface area contributed by atoms with E-state index in [0.717, 1.165) is 5.57 Å². The third kappa shape index (κ3) is 2.76. The summed E-state index contributed by atoms with van der Waals surface area (Å²) in [6.07, 6.45) is 0. The Morgan fingerprint density at radius 2 is 2.14 bits per heavy atom. The molecule has 0 aromatic rings. The van der Waals surface area contributed by atoms with Gasteiger partial charge in [0.2, 0.25) is 0 Å². The molecule has 0 amide bonds. The molecule has 0 heterocycles. The Morgan fingerprint density at radius 3 is 2.14 bits per heavy atom. The molecule has 0 N–H and O–H groups in total. The van der Waals surface area contributed by atoms with Gasteiger partial charge in [0.15, 0.2) is 0 Å². The third-order valence-corrected chi connectivity index (χ3v) is 1.58. The molecule has 0 bridgehead atoms. The SMILES string of the molecule is C=C(C)C(C)=[CH][Ru+4].[H-].[H-].[H-].[H-]. The summed E-state index contributed by atoms with van der Waals surface area (Å²) >= 11 is 2.46. The van der Waals surface area contributed by atoms with Crippen LogP contribution in [0.25, 0.3) is 0 Å². The number of allylic oxidation sites excluding steroid dienone is 2. The van der Waals surface area contributed by atoms with E-state index < -0.39 is 0 Å². The first kappa shape index (κ1) is 7.10. The van der Waals surface area contributed by atoms with E-state index in [9.17, 15) is 0 Å². The fourth-order valence-electron chi connectivity index (χ4n) is 0.0871. The van der Waals surface area contributed by atoms with Crippen LogP contribution in [0.2, 0.25) is 0 Å². The second kappa shape index (κ2) is 3.15. The fourth-order valence-corrected chi connectivity index (χ4v) is 0.515. The summed E-state index contributed by atoms with van der Waals surface area (Å²) in [6.45, 7) is 7.78. The maximum absolute atomic E-state index is 3.75. The predicted octanol–water partition coefficient (Wildman–Crippen LogP) is 2.46. The van der Waals surface area contributed by atoms with E-state index in [1.165, 1.54) is 5.57 Å². The quantitative estimate of drug-likeness (QED) is 0.436. The molecule has 7 heavy (non-hydrogen) atoms. The van der Waals surface area contributed by atoms with Gasteiger partial charge < -0.3 is 5.71 Å². The minimum absolute atomic E-state index is 0. The molecular formula is C6H13Ru. The Bertz CT molecular complexity index is 111. The first-order valence-electron chi connectivity index (χ1n) is 2.10. The maximum atomic E-state index is 3.75. The third-order valence-electron chi connectivity index (χ3n) is 0.826. The minimum atomic E-state index is 0. The van der Waals surface area contributed by atoms with Crippen LogP contribution < -0.4 is 0 Å². The summed E-state index contributed by atoms with van der Waals surface area (Å²) in [4.78, 5) is 0. The van der Waals surface area contributed by atoms with E-state index in [-0.39, 0.29) is 5.71 Å². The van der Waals surface area contributed by atoms with Gasteiger partial charge in [-0.25, -0.2) is 0 Å². The molecule has 0 nitrogen and oxygen atoms in total. The molecule has 0 saturated carbocycles. The van der Waals surface area contributed by atoms with Crippen LogP contribution in [0.15, 0.2) is 22.4 Å². The molecule has 0 rings (SSSR count). The summed E-state index contributed by atoms with van der Waals surface area (Å²) in [5.74, 6) is 0. The normalized spacial score (nSPS) is 11.3. The monoisotopic (exact) mass is 187 g/mol. The Morgan fingerprint density at radius 1 is 1.71 bits per heavy atom. The van der Waals surface area contributed by atoms with Crippen molar-refractivity contribution in [2.45, 2.75) is 13.8 Å². The van der Waals surface area contributed by atoms with Crippen molar-refractivity contribution in [1.29, 1.82) is 0 Å². The standard InChI is InChI=1S/C6H9.Ru.4H/c1-5(2)6(3)4;;;;;/h1H,3H2,2,4H3;;;;;/q;+4;4*-1. The smallest absolute Gasteiger partial charge is 1.00 e. The number of rotatable bonds is 1. The molecule has 0 fully saturated rings. The summed E-state index contributed by atoms with van der Waals surface area (Å²) in [5, 5.41) is 0. The van der Waals surface area contributed by atoms with Crippen molar-refractivity contribution in [3.05, 3.63) is 22.4 Å². The molecule has 0 aromatic carbocycles. The van der Waals surface area contributed by atoms with Gasteiger partial charge in [-0.1, -0.05) is 0 Å². The minimum Gasteiger partial charge on any atom is -1.00 e. The van der Waals surface area contributed by atoms with Gasteiger partial charge in [0.1, 0.15) is 0 Å². The van der Waals surface area contributed by atoms with Gasteiger partial charge in [-0.15, -0.1) is 0 Å². The Labute approximate surface area is 60.9 Å². The number of hydrogen-bond donors (Lipinski definition) is 0.